The predicted molar refractivity (Wildman–Crippen MR) is 73.1 cm³/mol. The van der Waals surface area contributed by atoms with E-state index in [-0.39, 0.29) is 16.2 Å². The van der Waals surface area contributed by atoms with Crippen molar-refractivity contribution in [2.75, 3.05) is 20.7 Å². The quantitative estimate of drug-likeness (QED) is 0.749. The molecule has 1 aromatic rings. The van der Waals surface area contributed by atoms with E-state index < -0.39 is 10.0 Å². The Labute approximate surface area is 114 Å². The van der Waals surface area contributed by atoms with E-state index >= 15 is 0 Å². The molecule has 106 valence electrons. The van der Waals surface area contributed by atoms with Gasteiger partial charge in [-0.1, -0.05) is 6.92 Å². The van der Waals surface area contributed by atoms with Crippen molar-refractivity contribution in [3.05, 3.63) is 23.8 Å². The lowest BCUT2D eigenvalue weighted by Gasteiger charge is -2.14. The Hall–Kier alpha value is -1.40. The molecule has 6 heteroatoms. The number of hydrogen-bond acceptors (Lipinski definition) is 4. The molecule has 5 nitrogen and oxygen atoms in total. The number of ketones is 1. The first kappa shape index (κ1) is 15.7. The van der Waals surface area contributed by atoms with Crippen LogP contribution in [0.3, 0.4) is 0 Å². The van der Waals surface area contributed by atoms with Crippen molar-refractivity contribution < 1.29 is 17.9 Å². The molecule has 0 heterocycles. The van der Waals surface area contributed by atoms with Gasteiger partial charge in [-0.3, -0.25) is 4.79 Å². The van der Waals surface area contributed by atoms with Gasteiger partial charge in [-0.2, -0.15) is 0 Å². The van der Waals surface area contributed by atoms with Crippen molar-refractivity contribution in [2.24, 2.45) is 0 Å². The summed E-state index contributed by atoms with van der Waals surface area (Å²) in [5.41, 5.74) is 0.288. The van der Waals surface area contributed by atoms with Crippen LogP contribution >= 0.6 is 0 Å². The number of hydrogen-bond donors (Lipinski definition) is 0. The normalized spacial score (nSPS) is 11.6. The summed E-state index contributed by atoms with van der Waals surface area (Å²) in [6, 6.07) is 4.35. The molecular weight excluding hydrogens is 266 g/mol. The fourth-order valence-electron chi connectivity index (χ4n) is 1.49. The van der Waals surface area contributed by atoms with Gasteiger partial charge in [0, 0.05) is 14.1 Å². The van der Waals surface area contributed by atoms with Crippen LogP contribution in [0.2, 0.25) is 0 Å². The molecule has 0 unspecified atom stereocenters. The van der Waals surface area contributed by atoms with Gasteiger partial charge in [0.25, 0.3) is 0 Å². The molecule has 0 atom stereocenters. The van der Waals surface area contributed by atoms with E-state index in [1.165, 1.54) is 39.2 Å². The standard InChI is InChI=1S/C13H19NO4S/c1-5-8-18-13-7-6-11(9-12(13)10(2)15)19(16,17)14(3)4/h6-7,9H,5,8H2,1-4H3. The van der Waals surface area contributed by atoms with E-state index in [0.717, 1.165) is 10.7 Å². The number of Topliss-reactive ketones (excluding diaryl/α,β-unsaturated/α-hetero) is 1. The second-order valence-electron chi connectivity index (χ2n) is 4.35. The molecule has 0 fully saturated rings. The van der Waals surface area contributed by atoms with Crippen molar-refractivity contribution in [3.63, 3.8) is 0 Å². The van der Waals surface area contributed by atoms with Crippen LogP contribution in [0.5, 0.6) is 5.75 Å². The first-order valence-corrected chi connectivity index (χ1v) is 7.45. The summed E-state index contributed by atoms with van der Waals surface area (Å²) in [6.07, 6.45) is 0.815. The smallest absolute Gasteiger partial charge is 0.242 e. The maximum absolute atomic E-state index is 12.0. The second-order valence-corrected chi connectivity index (χ2v) is 6.50. The van der Waals surface area contributed by atoms with Gasteiger partial charge in [-0.15, -0.1) is 0 Å². The molecule has 0 saturated heterocycles. The highest BCUT2D eigenvalue weighted by Gasteiger charge is 2.20. The lowest BCUT2D eigenvalue weighted by atomic mass is 10.1. The third-order valence-corrected chi connectivity index (χ3v) is 4.38. The first-order valence-electron chi connectivity index (χ1n) is 6.01. The molecule has 0 aliphatic heterocycles. The average molecular weight is 285 g/mol. The summed E-state index contributed by atoms with van der Waals surface area (Å²) >= 11 is 0. The number of rotatable bonds is 6. The summed E-state index contributed by atoms with van der Waals surface area (Å²) in [4.78, 5) is 11.7. The van der Waals surface area contributed by atoms with E-state index in [9.17, 15) is 13.2 Å². The maximum Gasteiger partial charge on any atom is 0.242 e. The van der Waals surface area contributed by atoms with Crippen molar-refractivity contribution >= 4 is 15.8 Å². The monoisotopic (exact) mass is 285 g/mol. The Balaban J connectivity index is 3.28. The van der Waals surface area contributed by atoms with Gasteiger partial charge in [0.15, 0.2) is 5.78 Å². The van der Waals surface area contributed by atoms with Crippen LogP contribution in [0.1, 0.15) is 30.6 Å². The fourth-order valence-corrected chi connectivity index (χ4v) is 2.42. The number of ether oxygens (including phenoxy) is 1. The summed E-state index contributed by atoms with van der Waals surface area (Å²) in [7, 11) is -0.647. The van der Waals surface area contributed by atoms with E-state index in [2.05, 4.69) is 0 Å². The van der Waals surface area contributed by atoms with Gasteiger partial charge in [0.05, 0.1) is 17.1 Å². The summed E-state index contributed by atoms with van der Waals surface area (Å²) < 4.78 is 30.6. The van der Waals surface area contributed by atoms with Gasteiger partial charge >= 0.3 is 0 Å². The van der Waals surface area contributed by atoms with E-state index in [0.29, 0.717) is 12.4 Å². The molecule has 0 spiro atoms. The van der Waals surface area contributed by atoms with Crippen molar-refractivity contribution in [3.8, 4) is 5.75 Å². The summed E-state index contributed by atoms with van der Waals surface area (Å²) in [6.45, 7) is 3.83. The van der Waals surface area contributed by atoms with Crippen LogP contribution < -0.4 is 4.74 Å². The highest BCUT2D eigenvalue weighted by Crippen LogP contribution is 2.24. The minimum atomic E-state index is -3.54. The predicted octanol–water partition coefficient (Wildman–Crippen LogP) is 1.93. The van der Waals surface area contributed by atoms with Gasteiger partial charge in [-0.05, 0) is 31.5 Å². The molecule has 1 aromatic carbocycles. The molecule has 0 aliphatic rings. The summed E-state index contributed by atoms with van der Waals surface area (Å²) in [5.74, 6) is 0.203. The Bertz CT molecular complexity index is 564. The molecule has 0 amide bonds. The zero-order valence-corrected chi connectivity index (χ0v) is 12.5. The average Bonchev–Trinajstić information content (AvgIpc) is 2.35. The highest BCUT2D eigenvalue weighted by atomic mass is 32.2. The van der Waals surface area contributed by atoms with Crippen molar-refractivity contribution in [1.29, 1.82) is 0 Å². The van der Waals surface area contributed by atoms with Crippen LogP contribution in [0.4, 0.5) is 0 Å². The zero-order chi connectivity index (χ0) is 14.6. The Kier molecular flexibility index (Phi) is 5.08. The number of sulfonamides is 1. The number of carbonyl (C=O) groups is 1. The molecule has 0 radical (unpaired) electrons. The maximum atomic E-state index is 12.0. The van der Waals surface area contributed by atoms with E-state index in [4.69, 9.17) is 4.74 Å². The Morgan fingerprint density at radius 1 is 1.32 bits per heavy atom. The molecule has 0 saturated carbocycles. The van der Waals surface area contributed by atoms with Crippen LogP contribution in [0.25, 0.3) is 0 Å². The minimum Gasteiger partial charge on any atom is -0.493 e. The molecule has 0 aliphatic carbocycles. The van der Waals surface area contributed by atoms with Gasteiger partial charge in [0.2, 0.25) is 10.0 Å². The fraction of sp³-hybridized carbons (Fsp3) is 0.462. The van der Waals surface area contributed by atoms with E-state index in [1.54, 1.807) is 0 Å². The topological polar surface area (TPSA) is 63.7 Å². The van der Waals surface area contributed by atoms with Crippen LogP contribution in [0.15, 0.2) is 23.1 Å². The molecule has 1 rings (SSSR count). The SMILES string of the molecule is CCCOc1ccc(S(=O)(=O)N(C)C)cc1C(C)=O. The Morgan fingerprint density at radius 2 is 1.95 bits per heavy atom. The van der Waals surface area contributed by atoms with Crippen molar-refractivity contribution in [2.45, 2.75) is 25.2 Å². The third kappa shape index (κ3) is 3.54. The highest BCUT2D eigenvalue weighted by molar-refractivity contribution is 7.89. The van der Waals surface area contributed by atoms with Crippen molar-refractivity contribution in [1.82, 2.24) is 4.31 Å². The Morgan fingerprint density at radius 3 is 2.42 bits per heavy atom. The molecular formula is C13H19NO4S. The molecule has 0 N–H and O–H groups in total. The molecule has 19 heavy (non-hydrogen) atoms. The molecule has 0 aromatic heterocycles. The molecule has 0 bridgehead atoms. The number of carbonyl (C=O) groups excluding carboxylic acids is 1. The lowest BCUT2D eigenvalue weighted by Crippen LogP contribution is -2.22. The van der Waals surface area contributed by atoms with Crippen LogP contribution in [-0.2, 0) is 10.0 Å². The first-order chi connectivity index (χ1) is 8.80. The third-order valence-electron chi connectivity index (χ3n) is 2.57. The summed E-state index contributed by atoms with van der Waals surface area (Å²) in [5, 5.41) is 0. The minimum absolute atomic E-state index is 0.0894. The van der Waals surface area contributed by atoms with E-state index in [1.807, 2.05) is 6.92 Å². The number of benzene rings is 1. The van der Waals surface area contributed by atoms with Gasteiger partial charge < -0.3 is 4.74 Å². The second kappa shape index (κ2) is 6.16. The zero-order valence-electron chi connectivity index (χ0n) is 11.6. The van der Waals surface area contributed by atoms with Crippen LogP contribution in [0, 0.1) is 0 Å². The number of nitrogens with zero attached hydrogens (tertiary/aromatic N) is 1. The van der Waals surface area contributed by atoms with Gasteiger partial charge in [-0.25, -0.2) is 12.7 Å². The largest absolute Gasteiger partial charge is 0.493 e. The van der Waals surface area contributed by atoms with Gasteiger partial charge in [0.1, 0.15) is 5.75 Å². The lowest BCUT2D eigenvalue weighted by molar-refractivity contribution is 0.101. The van der Waals surface area contributed by atoms with Crippen LogP contribution in [-0.4, -0.2) is 39.2 Å².